The molecule has 0 saturated heterocycles. The van der Waals surface area contributed by atoms with Crippen LogP contribution >= 0.6 is 11.6 Å². The molecular weight excluding hydrogens is 234 g/mol. The molecule has 0 aromatic heterocycles. The molecule has 0 heterocycles. The third-order valence-corrected chi connectivity index (χ3v) is 3.86. The Morgan fingerprint density at radius 2 is 2.06 bits per heavy atom. The van der Waals surface area contributed by atoms with E-state index in [1.165, 1.54) is 0 Å². The molecule has 0 aliphatic heterocycles. The van der Waals surface area contributed by atoms with Gasteiger partial charge in [-0.3, -0.25) is 0 Å². The quantitative estimate of drug-likeness (QED) is 0.849. The summed E-state index contributed by atoms with van der Waals surface area (Å²) in [5.41, 5.74) is 6.67. The van der Waals surface area contributed by atoms with Crippen LogP contribution in [0.1, 0.15) is 38.7 Å². The van der Waals surface area contributed by atoms with Gasteiger partial charge in [0.05, 0.1) is 6.10 Å². The Kier molecular flexibility index (Phi) is 4.99. The van der Waals surface area contributed by atoms with E-state index in [2.05, 4.69) is 20.8 Å². The van der Waals surface area contributed by atoms with Crippen molar-refractivity contribution >= 4 is 11.6 Å². The monoisotopic (exact) mass is 255 g/mol. The lowest BCUT2D eigenvalue weighted by Gasteiger charge is -2.35. The maximum Gasteiger partial charge on any atom is 0.0671 e. The summed E-state index contributed by atoms with van der Waals surface area (Å²) >= 11 is 5.98. The second kappa shape index (κ2) is 5.85. The number of benzene rings is 1. The van der Waals surface area contributed by atoms with Crippen molar-refractivity contribution in [3.8, 4) is 0 Å². The third kappa shape index (κ3) is 3.44. The topological polar surface area (TPSA) is 46.2 Å². The molecule has 0 bridgehead atoms. The number of aliphatic hydroxyl groups is 1. The van der Waals surface area contributed by atoms with Crippen molar-refractivity contribution in [1.82, 2.24) is 0 Å². The molecule has 2 atom stereocenters. The van der Waals surface area contributed by atoms with Crippen LogP contribution in [-0.2, 0) is 0 Å². The zero-order chi connectivity index (χ0) is 13.1. The summed E-state index contributed by atoms with van der Waals surface area (Å²) in [6.07, 6.45) is 0.446. The van der Waals surface area contributed by atoms with Gasteiger partial charge in [-0.2, -0.15) is 0 Å². The minimum absolute atomic E-state index is 0.0661. The molecule has 3 N–H and O–H groups in total. The minimum Gasteiger partial charge on any atom is -0.392 e. The SMILES string of the molecule is CCC(C)(C)C(O)C(CN)c1cccc(Cl)c1. The molecule has 0 radical (unpaired) electrons. The lowest BCUT2D eigenvalue weighted by molar-refractivity contribution is 0.0265. The predicted octanol–water partition coefficient (Wildman–Crippen LogP) is 3.18. The Labute approximate surface area is 109 Å². The van der Waals surface area contributed by atoms with E-state index in [1.807, 2.05) is 24.3 Å². The lowest BCUT2D eigenvalue weighted by atomic mass is 9.75. The molecule has 0 aliphatic carbocycles. The highest BCUT2D eigenvalue weighted by atomic mass is 35.5. The summed E-state index contributed by atoms with van der Waals surface area (Å²) < 4.78 is 0. The second-order valence-electron chi connectivity index (χ2n) is 5.18. The van der Waals surface area contributed by atoms with Gasteiger partial charge < -0.3 is 10.8 Å². The van der Waals surface area contributed by atoms with Crippen LogP contribution in [0.2, 0.25) is 5.02 Å². The van der Waals surface area contributed by atoms with Gasteiger partial charge in [0.2, 0.25) is 0 Å². The zero-order valence-corrected chi connectivity index (χ0v) is 11.5. The summed E-state index contributed by atoms with van der Waals surface area (Å²) in [4.78, 5) is 0. The highest BCUT2D eigenvalue weighted by molar-refractivity contribution is 6.30. The van der Waals surface area contributed by atoms with Gasteiger partial charge in [0.15, 0.2) is 0 Å². The van der Waals surface area contributed by atoms with Crippen molar-refractivity contribution in [2.24, 2.45) is 11.1 Å². The zero-order valence-electron chi connectivity index (χ0n) is 10.8. The highest BCUT2D eigenvalue weighted by Gasteiger charge is 2.32. The fourth-order valence-electron chi connectivity index (χ4n) is 1.94. The number of hydrogen-bond donors (Lipinski definition) is 2. The first-order valence-electron chi connectivity index (χ1n) is 6.06. The summed E-state index contributed by atoms with van der Waals surface area (Å²) in [6.45, 7) is 6.62. The van der Waals surface area contributed by atoms with E-state index in [9.17, 15) is 5.11 Å². The van der Waals surface area contributed by atoms with E-state index in [0.717, 1.165) is 12.0 Å². The Morgan fingerprint density at radius 1 is 1.41 bits per heavy atom. The number of hydrogen-bond acceptors (Lipinski definition) is 2. The molecule has 0 aliphatic rings. The summed E-state index contributed by atoms with van der Waals surface area (Å²) in [5.74, 6) is -0.0661. The van der Waals surface area contributed by atoms with Crippen LogP contribution in [0.4, 0.5) is 0 Å². The Morgan fingerprint density at radius 3 is 2.53 bits per heavy atom. The molecule has 3 heteroatoms. The van der Waals surface area contributed by atoms with Crippen molar-refractivity contribution in [3.63, 3.8) is 0 Å². The normalized spacial score (nSPS) is 15.6. The number of halogens is 1. The molecule has 2 nitrogen and oxygen atoms in total. The van der Waals surface area contributed by atoms with Crippen molar-refractivity contribution in [3.05, 3.63) is 34.9 Å². The average molecular weight is 256 g/mol. The molecule has 17 heavy (non-hydrogen) atoms. The van der Waals surface area contributed by atoms with Crippen LogP contribution in [0.5, 0.6) is 0 Å². The summed E-state index contributed by atoms with van der Waals surface area (Å²) in [5, 5.41) is 11.1. The second-order valence-corrected chi connectivity index (χ2v) is 5.62. The van der Waals surface area contributed by atoms with Crippen molar-refractivity contribution < 1.29 is 5.11 Å². The average Bonchev–Trinajstić information content (AvgIpc) is 2.30. The third-order valence-electron chi connectivity index (χ3n) is 3.62. The molecule has 0 amide bonds. The standard InChI is InChI=1S/C14H22ClNO/c1-4-14(2,3)13(17)12(9-16)10-6-5-7-11(15)8-10/h5-8,12-13,17H,4,9,16H2,1-3H3. The van der Waals surface area contributed by atoms with Gasteiger partial charge in [-0.25, -0.2) is 0 Å². The van der Waals surface area contributed by atoms with Crippen LogP contribution in [0.15, 0.2) is 24.3 Å². The Bertz CT molecular complexity index is 365. The van der Waals surface area contributed by atoms with Crippen LogP contribution in [0.25, 0.3) is 0 Å². The van der Waals surface area contributed by atoms with E-state index in [1.54, 1.807) is 0 Å². The van der Waals surface area contributed by atoms with Crippen molar-refractivity contribution in [2.75, 3.05) is 6.54 Å². The number of nitrogens with two attached hydrogens (primary N) is 1. The maximum atomic E-state index is 10.5. The van der Waals surface area contributed by atoms with Gasteiger partial charge in [0.25, 0.3) is 0 Å². The van der Waals surface area contributed by atoms with Crippen LogP contribution in [0.3, 0.4) is 0 Å². The van der Waals surface area contributed by atoms with Crippen molar-refractivity contribution in [1.29, 1.82) is 0 Å². The van der Waals surface area contributed by atoms with Gasteiger partial charge in [0.1, 0.15) is 0 Å². The molecule has 0 fully saturated rings. The first-order chi connectivity index (χ1) is 7.92. The lowest BCUT2D eigenvalue weighted by Crippen LogP contribution is -2.37. The smallest absolute Gasteiger partial charge is 0.0671 e. The Balaban J connectivity index is 2.99. The first kappa shape index (κ1) is 14.5. The van der Waals surface area contributed by atoms with E-state index in [4.69, 9.17) is 17.3 Å². The summed E-state index contributed by atoms with van der Waals surface area (Å²) in [7, 11) is 0. The van der Waals surface area contributed by atoms with Gasteiger partial charge in [0, 0.05) is 17.5 Å². The Hall–Kier alpha value is -0.570. The van der Waals surface area contributed by atoms with Gasteiger partial charge >= 0.3 is 0 Å². The molecular formula is C14H22ClNO. The molecule has 0 spiro atoms. The first-order valence-corrected chi connectivity index (χ1v) is 6.43. The maximum absolute atomic E-state index is 10.5. The molecule has 0 saturated carbocycles. The van der Waals surface area contributed by atoms with E-state index in [-0.39, 0.29) is 11.3 Å². The van der Waals surface area contributed by atoms with Crippen LogP contribution < -0.4 is 5.73 Å². The van der Waals surface area contributed by atoms with Gasteiger partial charge in [-0.15, -0.1) is 0 Å². The highest BCUT2D eigenvalue weighted by Crippen LogP contribution is 2.34. The molecule has 1 aromatic carbocycles. The minimum atomic E-state index is -0.462. The fourth-order valence-corrected chi connectivity index (χ4v) is 2.14. The molecule has 1 rings (SSSR count). The molecule has 1 aromatic rings. The predicted molar refractivity (Wildman–Crippen MR) is 73.3 cm³/mol. The van der Waals surface area contributed by atoms with E-state index in [0.29, 0.717) is 11.6 Å². The van der Waals surface area contributed by atoms with E-state index < -0.39 is 6.10 Å². The van der Waals surface area contributed by atoms with Gasteiger partial charge in [-0.05, 0) is 29.5 Å². The largest absolute Gasteiger partial charge is 0.392 e. The summed E-state index contributed by atoms with van der Waals surface area (Å²) in [6, 6.07) is 7.58. The van der Waals surface area contributed by atoms with E-state index >= 15 is 0 Å². The van der Waals surface area contributed by atoms with Crippen LogP contribution in [0, 0.1) is 5.41 Å². The molecule has 2 unspecified atom stereocenters. The fraction of sp³-hybridized carbons (Fsp3) is 0.571. The van der Waals surface area contributed by atoms with Crippen molar-refractivity contribution in [2.45, 2.75) is 39.2 Å². The van der Waals surface area contributed by atoms with Gasteiger partial charge in [-0.1, -0.05) is 44.5 Å². The number of aliphatic hydroxyl groups excluding tert-OH is 1. The number of rotatable bonds is 5. The molecule has 96 valence electrons. The van der Waals surface area contributed by atoms with Crippen LogP contribution in [-0.4, -0.2) is 17.8 Å².